The lowest BCUT2D eigenvalue weighted by atomic mass is 10.2. The summed E-state index contributed by atoms with van der Waals surface area (Å²) in [6.45, 7) is 9.59. The van der Waals surface area contributed by atoms with Gasteiger partial charge in [-0.15, -0.1) is 0 Å². The third-order valence-corrected chi connectivity index (χ3v) is 3.65. The van der Waals surface area contributed by atoms with Gasteiger partial charge in [0.1, 0.15) is 11.6 Å². The molecule has 0 unspecified atom stereocenters. The van der Waals surface area contributed by atoms with Crippen LogP contribution in [-0.4, -0.2) is 58.7 Å². The molecule has 1 saturated heterocycles. The van der Waals surface area contributed by atoms with E-state index in [9.17, 15) is 4.79 Å². The number of aromatic nitrogens is 2. The molecule has 0 spiro atoms. The lowest BCUT2D eigenvalue weighted by Gasteiger charge is -2.23. The van der Waals surface area contributed by atoms with Gasteiger partial charge in [0.15, 0.2) is 0 Å². The van der Waals surface area contributed by atoms with Gasteiger partial charge in [0.05, 0.1) is 6.54 Å². The summed E-state index contributed by atoms with van der Waals surface area (Å²) in [5.41, 5.74) is 0.982. The van der Waals surface area contributed by atoms with Crippen LogP contribution in [0.25, 0.3) is 0 Å². The molecule has 1 aromatic rings. The van der Waals surface area contributed by atoms with Crippen molar-refractivity contribution in [1.82, 2.24) is 14.9 Å². The molecule has 1 N–H and O–H groups in total. The second kappa shape index (κ2) is 6.85. The molecule has 0 amide bonds. The summed E-state index contributed by atoms with van der Waals surface area (Å²) < 4.78 is 0. The minimum Gasteiger partial charge on any atom is -0.480 e. The standard InChI is InChI=1S/C15H24N4O2/c1-11(2)15-16-12(3)9-13(17-15)19-6-4-5-18(7-8-19)10-14(20)21/h9,11H,4-8,10H2,1-3H3,(H,20,21). The van der Waals surface area contributed by atoms with Gasteiger partial charge in [-0.2, -0.15) is 0 Å². The van der Waals surface area contributed by atoms with Crippen molar-refractivity contribution in [3.05, 3.63) is 17.6 Å². The number of aliphatic carboxylic acids is 1. The van der Waals surface area contributed by atoms with Crippen molar-refractivity contribution in [3.63, 3.8) is 0 Å². The van der Waals surface area contributed by atoms with Crippen LogP contribution in [0.15, 0.2) is 6.07 Å². The van der Waals surface area contributed by atoms with E-state index in [4.69, 9.17) is 5.11 Å². The number of anilines is 1. The van der Waals surface area contributed by atoms with Gasteiger partial charge < -0.3 is 10.0 Å². The largest absolute Gasteiger partial charge is 0.480 e. The third-order valence-electron chi connectivity index (χ3n) is 3.65. The summed E-state index contributed by atoms with van der Waals surface area (Å²) in [6.07, 6.45) is 0.952. The molecule has 0 saturated carbocycles. The molecule has 0 aliphatic carbocycles. The Balaban J connectivity index is 2.10. The third kappa shape index (κ3) is 4.39. The van der Waals surface area contributed by atoms with Crippen LogP contribution in [0, 0.1) is 6.92 Å². The Kier molecular flexibility index (Phi) is 5.12. The monoisotopic (exact) mass is 292 g/mol. The van der Waals surface area contributed by atoms with E-state index in [2.05, 4.69) is 28.7 Å². The second-order valence-corrected chi connectivity index (χ2v) is 5.89. The van der Waals surface area contributed by atoms with Crippen molar-refractivity contribution in [1.29, 1.82) is 0 Å². The molecule has 0 radical (unpaired) electrons. The lowest BCUT2D eigenvalue weighted by Crippen LogP contribution is -2.34. The molecule has 1 fully saturated rings. The Morgan fingerprint density at radius 2 is 2.05 bits per heavy atom. The highest BCUT2D eigenvalue weighted by atomic mass is 16.4. The first-order valence-electron chi connectivity index (χ1n) is 7.50. The van der Waals surface area contributed by atoms with Crippen molar-refractivity contribution in [2.24, 2.45) is 0 Å². The van der Waals surface area contributed by atoms with Crippen molar-refractivity contribution in [3.8, 4) is 0 Å². The number of carboxylic acid groups (broad SMARTS) is 1. The van der Waals surface area contributed by atoms with Gasteiger partial charge in [-0.3, -0.25) is 9.69 Å². The van der Waals surface area contributed by atoms with Crippen molar-refractivity contribution >= 4 is 11.8 Å². The molecule has 1 aliphatic heterocycles. The molecular formula is C15H24N4O2. The highest BCUT2D eigenvalue weighted by Gasteiger charge is 2.18. The molecule has 0 atom stereocenters. The first kappa shape index (κ1) is 15.7. The summed E-state index contributed by atoms with van der Waals surface area (Å²) in [4.78, 5) is 24.2. The number of hydrogen-bond acceptors (Lipinski definition) is 5. The second-order valence-electron chi connectivity index (χ2n) is 5.89. The quantitative estimate of drug-likeness (QED) is 0.907. The minimum absolute atomic E-state index is 0.119. The van der Waals surface area contributed by atoms with Crippen LogP contribution in [0.3, 0.4) is 0 Å². The van der Waals surface area contributed by atoms with Crippen LogP contribution in [0.2, 0.25) is 0 Å². The van der Waals surface area contributed by atoms with Gasteiger partial charge in [-0.1, -0.05) is 13.8 Å². The summed E-state index contributed by atoms with van der Waals surface area (Å²) in [6, 6.07) is 2.01. The van der Waals surface area contributed by atoms with Gasteiger partial charge in [0.2, 0.25) is 0 Å². The van der Waals surface area contributed by atoms with Gasteiger partial charge in [0.25, 0.3) is 0 Å². The molecular weight excluding hydrogens is 268 g/mol. The topological polar surface area (TPSA) is 69.6 Å². The molecule has 2 heterocycles. The van der Waals surface area contributed by atoms with Crippen LogP contribution >= 0.6 is 0 Å². The number of carbonyl (C=O) groups is 1. The molecule has 0 aromatic carbocycles. The van der Waals surface area contributed by atoms with Crippen LogP contribution < -0.4 is 4.90 Å². The number of hydrogen-bond donors (Lipinski definition) is 1. The zero-order valence-corrected chi connectivity index (χ0v) is 13.0. The fourth-order valence-electron chi connectivity index (χ4n) is 2.54. The zero-order valence-electron chi connectivity index (χ0n) is 13.0. The van der Waals surface area contributed by atoms with E-state index in [1.54, 1.807) is 0 Å². The van der Waals surface area contributed by atoms with Gasteiger partial charge in [-0.25, -0.2) is 9.97 Å². The lowest BCUT2D eigenvalue weighted by molar-refractivity contribution is -0.138. The van der Waals surface area contributed by atoms with E-state index < -0.39 is 5.97 Å². The Bertz CT molecular complexity index is 504. The van der Waals surface area contributed by atoms with E-state index in [-0.39, 0.29) is 6.54 Å². The van der Waals surface area contributed by atoms with Crippen LogP contribution in [0.1, 0.15) is 37.7 Å². The maximum Gasteiger partial charge on any atom is 0.317 e. The highest BCUT2D eigenvalue weighted by molar-refractivity contribution is 5.69. The molecule has 1 aromatic heterocycles. The summed E-state index contributed by atoms with van der Waals surface area (Å²) in [5.74, 6) is 1.38. The van der Waals surface area contributed by atoms with Gasteiger partial charge in [0, 0.05) is 43.9 Å². The van der Waals surface area contributed by atoms with Crippen molar-refractivity contribution in [2.45, 2.75) is 33.1 Å². The average molecular weight is 292 g/mol. The van der Waals surface area contributed by atoms with Gasteiger partial charge in [-0.05, 0) is 13.3 Å². The maximum atomic E-state index is 10.8. The molecule has 2 rings (SSSR count). The van der Waals surface area contributed by atoms with E-state index in [0.717, 1.165) is 49.9 Å². The average Bonchev–Trinajstić information content (AvgIpc) is 2.63. The number of aryl methyl sites for hydroxylation is 1. The van der Waals surface area contributed by atoms with E-state index in [1.165, 1.54) is 0 Å². The fourth-order valence-corrected chi connectivity index (χ4v) is 2.54. The fraction of sp³-hybridized carbons (Fsp3) is 0.667. The predicted octanol–water partition coefficient (Wildman–Crippen LogP) is 1.51. The summed E-state index contributed by atoms with van der Waals surface area (Å²) >= 11 is 0. The van der Waals surface area contributed by atoms with E-state index in [0.29, 0.717) is 5.92 Å². The number of carboxylic acids is 1. The first-order valence-corrected chi connectivity index (χ1v) is 7.50. The first-order chi connectivity index (χ1) is 9.95. The predicted molar refractivity (Wildman–Crippen MR) is 81.8 cm³/mol. The molecule has 1 aliphatic rings. The maximum absolute atomic E-state index is 10.8. The smallest absolute Gasteiger partial charge is 0.317 e. The summed E-state index contributed by atoms with van der Waals surface area (Å²) in [5, 5.41) is 8.90. The van der Waals surface area contributed by atoms with Crippen molar-refractivity contribution < 1.29 is 9.90 Å². The van der Waals surface area contributed by atoms with Crippen molar-refractivity contribution in [2.75, 3.05) is 37.6 Å². The number of nitrogens with zero attached hydrogens (tertiary/aromatic N) is 4. The molecule has 6 heteroatoms. The summed E-state index contributed by atoms with van der Waals surface area (Å²) in [7, 11) is 0. The Hall–Kier alpha value is -1.69. The molecule has 0 bridgehead atoms. The Morgan fingerprint density at radius 1 is 1.29 bits per heavy atom. The van der Waals surface area contributed by atoms with Crippen LogP contribution in [0.4, 0.5) is 5.82 Å². The Labute approximate surface area is 125 Å². The normalized spacial score (nSPS) is 17.0. The molecule has 6 nitrogen and oxygen atoms in total. The van der Waals surface area contributed by atoms with Crippen LogP contribution in [-0.2, 0) is 4.79 Å². The van der Waals surface area contributed by atoms with Gasteiger partial charge >= 0.3 is 5.97 Å². The Morgan fingerprint density at radius 3 is 2.71 bits per heavy atom. The highest BCUT2D eigenvalue weighted by Crippen LogP contribution is 2.18. The molecule has 116 valence electrons. The SMILES string of the molecule is Cc1cc(N2CCCN(CC(=O)O)CC2)nc(C(C)C)n1. The van der Waals surface area contributed by atoms with Crippen LogP contribution in [0.5, 0.6) is 0 Å². The number of rotatable bonds is 4. The van der Waals surface area contributed by atoms with E-state index >= 15 is 0 Å². The minimum atomic E-state index is -0.761. The zero-order chi connectivity index (χ0) is 15.4. The molecule has 21 heavy (non-hydrogen) atoms. The van der Waals surface area contributed by atoms with E-state index in [1.807, 2.05) is 17.9 Å².